The van der Waals surface area contributed by atoms with Gasteiger partial charge < -0.3 is 4.90 Å². The van der Waals surface area contributed by atoms with Crippen molar-refractivity contribution in [2.24, 2.45) is 4.99 Å². The molecule has 0 bridgehead atoms. The molecule has 0 radical (unpaired) electrons. The number of carbonyl (C=O) groups is 1. The first-order valence-electron chi connectivity index (χ1n) is 4.38. The number of hydrogen-bond acceptors (Lipinski definition) is 1. The van der Waals surface area contributed by atoms with E-state index in [1.807, 2.05) is 6.92 Å². The Bertz CT molecular complexity index is 339. The van der Waals surface area contributed by atoms with Crippen molar-refractivity contribution in [2.45, 2.75) is 19.4 Å². The van der Waals surface area contributed by atoms with Crippen LogP contribution in [0.25, 0.3) is 0 Å². The predicted octanol–water partition coefficient (Wildman–Crippen LogP) is 1.77. The highest BCUT2D eigenvalue weighted by atomic mass is 16.2. The van der Waals surface area contributed by atoms with E-state index < -0.39 is 0 Å². The van der Waals surface area contributed by atoms with Crippen molar-refractivity contribution in [3.8, 4) is 0 Å². The highest BCUT2D eigenvalue weighted by molar-refractivity contribution is 5.96. The van der Waals surface area contributed by atoms with Crippen LogP contribution in [0.15, 0.2) is 28.3 Å². The Balaban J connectivity index is 2.45. The van der Waals surface area contributed by atoms with Crippen molar-refractivity contribution in [2.75, 3.05) is 7.05 Å². The van der Waals surface area contributed by atoms with Gasteiger partial charge in [0.1, 0.15) is 0 Å². The Hall–Kier alpha value is -1.38. The number of carbonyl (C=O) groups excluding carboxylic acids is 1. The van der Waals surface area contributed by atoms with Crippen LogP contribution in [-0.2, 0) is 0 Å². The maximum Gasteiger partial charge on any atom is 0.343 e. The lowest BCUT2D eigenvalue weighted by atomic mass is 9.92. The van der Waals surface area contributed by atoms with Crippen LogP contribution in [-0.4, -0.2) is 30.2 Å². The van der Waals surface area contributed by atoms with Gasteiger partial charge in [-0.05, 0) is 24.5 Å². The molecule has 3 nitrogen and oxygen atoms in total. The van der Waals surface area contributed by atoms with Crippen molar-refractivity contribution in [1.82, 2.24) is 4.90 Å². The van der Waals surface area contributed by atoms with Crippen molar-refractivity contribution < 1.29 is 4.79 Å². The van der Waals surface area contributed by atoms with Crippen LogP contribution in [0.4, 0.5) is 4.79 Å². The molecule has 0 fully saturated rings. The molecule has 13 heavy (non-hydrogen) atoms. The minimum absolute atomic E-state index is 0.142. The van der Waals surface area contributed by atoms with E-state index in [2.05, 4.69) is 17.1 Å². The summed E-state index contributed by atoms with van der Waals surface area (Å²) in [5.41, 5.74) is 2.38. The second kappa shape index (κ2) is 2.83. The molecule has 1 atom stereocenters. The lowest BCUT2D eigenvalue weighted by Crippen LogP contribution is -2.41. The van der Waals surface area contributed by atoms with Gasteiger partial charge in [-0.1, -0.05) is 12.2 Å². The van der Waals surface area contributed by atoms with Crippen LogP contribution >= 0.6 is 0 Å². The van der Waals surface area contributed by atoms with Crippen molar-refractivity contribution in [3.05, 3.63) is 23.3 Å². The molecule has 0 aromatic heterocycles. The Morgan fingerprint density at radius 2 is 2.38 bits per heavy atom. The summed E-state index contributed by atoms with van der Waals surface area (Å²) in [5.74, 6) is 0. The number of rotatable bonds is 0. The zero-order valence-corrected chi connectivity index (χ0v) is 7.82. The topological polar surface area (TPSA) is 32.7 Å². The molecule has 0 spiro atoms. The van der Waals surface area contributed by atoms with E-state index >= 15 is 0 Å². The number of nitrogens with zero attached hydrogens (tertiary/aromatic N) is 2. The van der Waals surface area contributed by atoms with E-state index in [1.165, 1.54) is 11.1 Å². The molecule has 1 aliphatic carbocycles. The van der Waals surface area contributed by atoms with E-state index in [-0.39, 0.29) is 12.1 Å². The van der Waals surface area contributed by atoms with Gasteiger partial charge in [0.2, 0.25) is 0 Å². The van der Waals surface area contributed by atoms with Gasteiger partial charge in [-0.25, -0.2) is 9.79 Å². The van der Waals surface area contributed by atoms with Gasteiger partial charge in [0.25, 0.3) is 0 Å². The molecule has 2 aliphatic rings. The van der Waals surface area contributed by atoms with Gasteiger partial charge in [0.15, 0.2) is 0 Å². The monoisotopic (exact) mass is 176 g/mol. The van der Waals surface area contributed by atoms with Gasteiger partial charge in [-0.3, -0.25) is 0 Å². The molecule has 0 aromatic rings. The number of allylic oxidation sites excluding steroid dienone is 2. The fourth-order valence-electron chi connectivity index (χ4n) is 1.76. The van der Waals surface area contributed by atoms with Crippen LogP contribution in [0.3, 0.4) is 0 Å². The van der Waals surface area contributed by atoms with Crippen molar-refractivity contribution >= 4 is 12.2 Å². The van der Waals surface area contributed by atoms with Gasteiger partial charge in [0.05, 0.1) is 6.04 Å². The highest BCUT2D eigenvalue weighted by Gasteiger charge is 2.27. The molecule has 1 aliphatic heterocycles. The van der Waals surface area contributed by atoms with Gasteiger partial charge in [-0.2, -0.15) is 0 Å². The van der Waals surface area contributed by atoms with E-state index in [9.17, 15) is 4.79 Å². The second-order valence-corrected chi connectivity index (χ2v) is 3.44. The standard InChI is InChI=1S/C10H12N2O/c1-7-4-3-5-9-8(7)6-11-10(13)12(9)2/h3-4,6,9H,5H2,1-2H3. The van der Waals surface area contributed by atoms with Crippen LogP contribution in [0, 0.1) is 0 Å². The maximum absolute atomic E-state index is 11.2. The third-order valence-electron chi connectivity index (χ3n) is 2.62. The van der Waals surface area contributed by atoms with Gasteiger partial charge in [-0.15, -0.1) is 0 Å². The van der Waals surface area contributed by atoms with Crippen molar-refractivity contribution in [1.29, 1.82) is 0 Å². The fraction of sp³-hybridized carbons (Fsp3) is 0.400. The first-order chi connectivity index (χ1) is 6.20. The number of likely N-dealkylation sites (N-methyl/N-ethyl adjacent to an activating group) is 1. The average Bonchev–Trinajstić information content (AvgIpc) is 2.12. The lowest BCUT2D eigenvalue weighted by Gasteiger charge is -2.32. The summed E-state index contributed by atoms with van der Waals surface area (Å²) in [6, 6.07) is 0.0619. The number of hydrogen-bond donors (Lipinski definition) is 0. The molecular formula is C10H12N2O. The summed E-state index contributed by atoms with van der Waals surface area (Å²) in [6.07, 6.45) is 6.79. The first kappa shape index (κ1) is 8.23. The minimum Gasteiger partial charge on any atom is -0.319 e. The molecule has 1 unspecified atom stereocenters. The Morgan fingerprint density at radius 1 is 1.62 bits per heavy atom. The highest BCUT2D eigenvalue weighted by Crippen LogP contribution is 2.24. The molecule has 68 valence electrons. The number of urea groups is 1. The Labute approximate surface area is 77.4 Å². The largest absolute Gasteiger partial charge is 0.343 e. The maximum atomic E-state index is 11.2. The fourth-order valence-corrected chi connectivity index (χ4v) is 1.76. The summed E-state index contributed by atoms with van der Waals surface area (Å²) in [7, 11) is 1.80. The molecule has 0 N–H and O–H groups in total. The van der Waals surface area contributed by atoms with E-state index in [0.717, 1.165) is 6.42 Å². The average molecular weight is 176 g/mol. The predicted molar refractivity (Wildman–Crippen MR) is 51.9 cm³/mol. The molecule has 0 saturated carbocycles. The normalized spacial score (nSPS) is 26.8. The minimum atomic E-state index is -0.142. The van der Waals surface area contributed by atoms with Crippen LogP contribution in [0.2, 0.25) is 0 Å². The second-order valence-electron chi connectivity index (χ2n) is 3.44. The van der Waals surface area contributed by atoms with Gasteiger partial charge >= 0.3 is 6.03 Å². The van der Waals surface area contributed by atoms with E-state index in [4.69, 9.17) is 0 Å². The summed E-state index contributed by atoms with van der Waals surface area (Å²) in [4.78, 5) is 16.7. The quantitative estimate of drug-likeness (QED) is 0.553. The molecular weight excluding hydrogens is 164 g/mol. The SMILES string of the molecule is CC1=C2C=NC(=O)N(C)C2CC=C1. The Kier molecular flexibility index (Phi) is 1.79. The number of amides is 2. The zero-order valence-electron chi connectivity index (χ0n) is 7.82. The number of aliphatic imine (C=N–C) groups is 1. The number of fused-ring (bicyclic) bond motifs is 1. The summed E-state index contributed by atoms with van der Waals surface area (Å²) >= 11 is 0. The summed E-state index contributed by atoms with van der Waals surface area (Å²) < 4.78 is 0. The first-order valence-corrected chi connectivity index (χ1v) is 4.38. The van der Waals surface area contributed by atoms with Crippen LogP contribution < -0.4 is 0 Å². The molecule has 1 heterocycles. The Morgan fingerprint density at radius 3 is 3.15 bits per heavy atom. The third kappa shape index (κ3) is 1.20. The van der Waals surface area contributed by atoms with E-state index in [0.29, 0.717) is 0 Å². The third-order valence-corrected chi connectivity index (χ3v) is 2.62. The van der Waals surface area contributed by atoms with Crippen molar-refractivity contribution in [3.63, 3.8) is 0 Å². The van der Waals surface area contributed by atoms with Gasteiger partial charge in [0, 0.05) is 13.3 Å². The molecule has 3 heteroatoms. The lowest BCUT2D eigenvalue weighted by molar-refractivity contribution is 0.206. The van der Waals surface area contributed by atoms with Crippen LogP contribution in [0.1, 0.15) is 13.3 Å². The summed E-state index contributed by atoms with van der Waals surface area (Å²) in [6.45, 7) is 2.05. The zero-order chi connectivity index (χ0) is 9.42. The molecule has 0 saturated heterocycles. The molecule has 2 amide bonds. The summed E-state index contributed by atoms with van der Waals surface area (Å²) in [5, 5.41) is 0. The smallest absolute Gasteiger partial charge is 0.319 e. The molecule has 2 rings (SSSR count). The van der Waals surface area contributed by atoms with E-state index in [1.54, 1.807) is 18.2 Å². The molecule has 0 aromatic carbocycles. The van der Waals surface area contributed by atoms with Crippen LogP contribution in [0.5, 0.6) is 0 Å².